The van der Waals surface area contributed by atoms with Crippen molar-refractivity contribution < 1.29 is 19.4 Å². The maximum Gasteiger partial charge on any atom is 0.339 e. The maximum absolute atomic E-state index is 12.8. The monoisotopic (exact) mass is 469 g/mol. The number of rotatable bonds is 5. The normalized spacial score (nSPS) is 10.7. The van der Waals surface area contributed by atoms with Crippen LogP contribution in [0.2, 0.25) is 15.1 Å². The molecule has 0 saturated heterocycles. The number of carboxylic acids is 1. The molecule has 0 radical (unpaired) electrons. The molecule has 0 spiro atoms. The van der Waals surface area contributed by atoms with Crippen molar-refractivity contribution in [2.24, 2.45) is 0 Å². The van der Waals surface area contributed by atoms with Crippen LogP contribution >= 0.6 is 46.1 Å². The van der Waals surface area contributed by atoms with Crippen molar-refractivity contribution in [2.45, 2.75) is 6.92 Å². The molecule has 0 unspecified atom stereocenters. The van der Waals surface area contributed by atoms with Crippen LogP contribution in [0.25, 0.3) is 11.1 Å². The minimum absolute atomic E-state index is 0.00296. The number of nitrogens with one attached hydrogen (secondary N) is 1. The van der Waals surface area contributed by atoms with Gasteiger partial charge in [-0.1, -0.05) is 64.6 Å². The third-order valence-corrected chi connectivity index (χ3v) is 6.19. The number of aromatic carboxylic acids is 1. The minimum atomic E-state index is -1.16. The van der Waals surface area contributed by atoms with Gasteiger partial charge in [-0.2, -0.15) is 0 Å². The average Bonchev–Trinajstić information content (AvgIpc) is 3.09. The Bertz CT molecular complexity index is 1110. The van der Waals surface area contributed by atoms with Gasteiger partial charge < -0.3 is 15.2 Å². The Balaban J connectivity index is 2.00. The molecule has 0 atom stereocenters. The van der Waals surface area contributed by atoms with Crippen molar-refractivity contribution in [2.75, 3.05) is 12.4 Å². The topological polar surface area (TPSA) is 75.6 Å². The number of aryl methyl sites for hydroxylation is 1. The zero-order valence-corrected chi connectivity index (χ0v) is 18.3. The molecule has 2 aromatic carbocycles. The van der Waals surface area contributed by atoms with E-state index in [1.54, 1.807) is 5.38 Å². The lowest BCUT2D eigenvalue weighted by Crippen LogP contribution is -2.14. The molecule has 0 aliphatic heterocycles. The van der Waals surface area contributed by atoms with Crippen LogP contribution in [-0.2, 0) is 0 Å². The van der Waals surface area contributed by atoms with E-state index in [-0.39, 0.29) is 36.9 Å². The highest BCUT2D eigenvalue weighted by Gasteiger charge is 2.24. The second-order valence-corrected chi connectivity index (χ2v) is 8.09. The van der Waals surface area contributed by atoms with Crippen LogP contribution < -0.4 is 10.1 Å². The quantitative estimate of drug-likeness (QED) is 0.410. The number of carbonyl (C=O) groups is 2. The van der Waals surface area contributed by atoms with Crippen molar-refractivity contribution in [1.29, 1.82) is 0 Å². The number of anilines is 1. The van der Waals surface area contributed by atoms with E-state index < -0.39 is 11.9 Å². The molecule has 0 fully saturated rings. The number of carboxylic acid groups (broad SMARTS) is 1. The predicted molar refractivity (Wildman–Crippen MR) is 117 cm³/mol. The van der Waals surface area contributed by atoms with Gasteiger partial charge in [-0.3, -0.25) is 4.79 Å². The Morgan fingerprint density at radius 3 is 2.34 bits per heavy atom. The smallest absolute Gasteiger partial charge is 0.339 e. The third-order valence-electron chi connectivity index (χ3n) is 4.16. The summed E-state index contributed by atoms with van der Waals surface area (Å²) in [5, 5.41) is 14.2. The highest BCUT2D eigenvalue weighted by molar-refractivity contribution is 7.15. The fraction of sp³-hybridized carbons (Fsp3) is 0.100. The summed E-state index contributed by atoms with van der Waals surface area (Å²) < 4.78 is 5.07. The molecule has 1 heterocycles. The van der Waals surface area contributed by atoms with Crippen molar-refractivity contribution in [3.05, 3.63) is 67.5 Å². The molecule has 29 heavy (non-hydrogen) atoms. The summed E-state index contributed by atoms with van der Waals surface area (Å²) >= 11 is 19.5. The second kappa shape index (κ2) is 8.63. The molecule has 0 bridgehead atoms. The lowest BCUT2D eigenvalue weighted by Gasteiger charge is -2.12. The number of amides is 1. The number of carbonyl (C=O) groups excluding carboxylic acids is 1. The van der Waals surface area contributed by atoms with Crippen LogP contribution in [0.1, 0.15) is 26.3 Å². The van der Waals surface area contributed by atoms with E-state index >= 15 is 0 Å². The van der Waals surface area contributed by atoms with Crippen LogP contribution in [0.15, 0.2) is 35.7 Å². The zero-order valence-electron chi connectivity index (χ0n) is 15.2. The first-order valence-corrected chi connectivity index (χ1v) is 10.2. The Morgan fingerprint density at radius 1 is 1.10 bits per heavy atom. The maximum atomic E-state index is 12.8. The number of hydrogen-bond donors (Lipinski definition) is 2. The Labute approximate surface area is 185 Å². The zero-order chi connectivity index (χ0) is 21.3. The summed E-state index contributed by atoms with van der Waals surface area (Å²) in [4.78, 5) is 24.7. The Kier molecular flexibility index (Phi) is 6.39. The van der Waals surface area contributed by atoms with E-state index in [0.717, 1.165) is 22.5 Å². The SMILES string of the molecule is COc1c(Cl)cc(C(=O)Nc2scc(-c3ccc(C)cc3)c2C(=O)O)c(Cl)c1Cl. The molecule has 3 rings (SSSR count). The van der Waals surface area contributed by atoms with E-state index in [1.807, 2.05) is 31.2 Å². The number of benzene rings is 2. The molecule has 1 amide bonds. The molecule has 5 nitrogen and oxygen atoms in total. The van der Waals surface area contributed by atoms with Crippen LogP contribution in [-0.4, -0.2) is 24.1 Å². The van der Waals surface area contributed by atoms with Crippen LogP contribution in [0.3, 0.4) is 0 Å². The van der Waals surface area contributed by atoms with E-state index in [0.29, 0.717) is 5.56 Å². The van der Waals surface area contributed by atoms with Crippen molar-refractivity contribution in [1.82, 2.24) is 0 Å². The first kappa shape index (κ1) is 21.5. The molecule has 0 saturated carbocycles. The average molecular weight is 471 g/mol. The molecular weight excluding hydrogens is 457 g/mol. The number of ether oxygens (including phenoxy) is 1. The molecule has 0 aliphatic carbocycles. The van der Waals surface area contributed by atoms with Gasteiger partial charge >= 0.3 is 5.97 Å². The first-order chi connectivity index (χ1) is 13.7. The molecule has 1 aromatic heterocycles. The van der Waals surface area contributed by atoms with E-state index in [4.69, 9.17) is 39.5 Å². The van der Waals surface area contributed by atoms with Crippen LogP contribution in [0, 0.1) is 6.92 Å². The minimum Gasteiger partial charge on any atom is -0.494 e. The molecular formula is C20H14Cl3NO4S. The van der Waals surface area contributed by atoms with Crippen LogP contribution in [0.4, 0.5) is 5.00 Å². The molecule has 2 N–H and O–H groups in total. The fourth-order valence-corrected chi connectivity index (χ4v) is 4.50. The fourth-order valence-electron chi connectivity index (χ4n) is 2.71. The number of hydrogen-bond acceptors (Lipinski definition) is 4. The van der Waals surface area contributed by atoms with Gasteiger partial charge in [0.15, 0.2) is 5.75 Å². The van der Waals surface area contributed by atoms with Gasteiger partial charge in [0.1, 0.15) is 15.6 Å². The van der Waals surface area contributed by atoms with Gasteiger partial charge in [-0.15, -0.1) is 11.3 Å². The van der Waals surface area contributed by atoms with Gasteiger partial charge in [0.2, 0.25) is 0 Å². The van der Waals surface area contributed by atoms with E-state index in [2.05, 4.69) is 5.32 Å². The Morgan fingerprint density at radius 2 is 1.76 bits per heavy atom. The van der Waals surface area contributed by atoms with Crippen molar-refractivity contribution >= 4 is 63.0 Å². The predicted octanol–water partition coefficient (Wildman–Crippen LogP) is 6.64. The number of thiophene rings is 1. The highest BCUT2D eigenvalue weighted by atomic mass is 35.5. The molecule has 3 aromatic rings. The van der Waals surface area contributed by atoms with Gasteiger partial charge in [0, 0.05) is 10.9 Å². The number of halogens is 3. The van der Waals surface area contributed by atoms with E-state index in [1.165, 1.54) is 13.2 Å². The highest BCUT2D eigenvalue weighted by Crippen LogP contribution is 2.41. The lowest BCUT2D eigenvalue weighted by atomic mass is 10.0. The third kappa shape index (κ3) is 4.21. The summed E-state index contributed by atoms with van der Waals surface area (Å²) in [6.07, 6.45) is 0. The summed E-state index contributed by atoms with van der Waals surface area (Å²) in [5.74, 6) is -1.64. The summed E-state index contributed by atoms with van der Waals surface area (Å²) in [7, 11) is 1.38. The van der Waals surface area contributed by atoms with Gasteiger partial charge in [0.05, 0.1) is 22.7 Å². The molecule has 0 aliphatic rings. The first-order valence-electron chi connectivity index (χ1n) is 8.19. The molecule has 150 valence electrons. The van der Waals surface area contributed by atoms with E-state index in [9.17, 15) is 14.7 Å². The molecule has 9 heteroatoms. The lowest BCUT2D eigenvalue weighted by molar-refractivity contribution is 0.0699. The standard InChI is InChI=1S/C20H14Cl3NO4S/c1-9-3-5-10(6-4-9)12-8-29-19(14(12)20(26)27)24-18(25)11-7-13(21)17(28-2)16(23)15(11)22/h3-8H,1-2H3,(H,24,25)(H,26,27). The summed E-state index contributed by atoms with van der Waals surface area (Å²) in [6, 6.07) is 8.75. The largest absolute Gasteiger partial charge is 0.494 e. The van der Waals surface area contributed by atoms with Crippen molar-refractivity contribution in [3.8, 4) is 16.9 Å². The summed E-state index contributed by atoms with van der Waals surface area (Å²) in [6.45, 7) is 1.94. The van der Waals surface area contributed by atoms with Gasteiger partial charge in [-0.05, 0) is 18.6 Å². The van der Waals surface area contributed by atoms with Crippen molar-refractivity contribution in [3.63, 3.8) is 0 Å². The second-order valence-electron chi connectivity index (χ2n) is 6.05. The van der Waals surface area contributed by atoms with Crippen LogP contribution in [0.5, 0.6) is 5.75 Å². The van der Waals surface area contributed by atoms with Gasteiger partial charge in [-0.25, -0.2) is 4.79 Å². The summed E-state index contributed by atoms with van der Waals surface area (Å²) in [5.41, 5.74) is 2.29. The van der Waals surface area contributed by atoms with Gasteiger partial charge in [0.25, 0.3) is 5.91 Å². The number of methoxy groups -OCH3 is 1. The Hall–Kier alpha value is -2.25.